The molecule has 8 rings (SSSR count). The molecule has 0 bridgehead atoms. The van der Waals surface area contributed by atoms with Gasteiger partial charge in [-0.15, -0.1) is 11.8 Å². The molecule has 1 fully saturated rings. The molecular formula is C46H38N2O3PS+. The van der Waals surface area contributed by atoms with Crippen LogP contribution in [0.25, 0.3) is 0 Å². The fourth-order valence-electron chi connectivity index (χ4n) is 7.28. The zero-order valence-electron chi connectivity index (χ0n) is 29.0. The van der Waals surface area contributed by atoms with Gasteiger partial charge in [-0.05, 0) is 53.1 Å². The summed E-state index contributed by atoms with van der Waals surface area (Å²) in [7, 11) is -2.41. The average Bonchev–Trinajstić information content (AvgIpc) is 3.23. The SMILES string of the molecule is O=C(OC(c1ccccc1)c1ccccc1)C1=C(C[P+](c2ccccc2)(c2ccccc2)c2ccccc2)CS[C@H]2C(N=Cc3ccccc3)C(=O)N12. The van der Waals surface area contributed by atoms with Crippen LogP contribution in [0.1, 0.15) is 22.8 Å². The van der Waals surface area contributed by atoms with Crippen LogP contribution < -0.4 is 15.9 Å². The molecule has 2 atom stereocenters. The number of ether oxygens (including phenoxy) is 1. The number of rotatable bonds is 11. The average molecular weight is 730 g/mol. The molecule has 2 aliphatic heterocycles. The fraction of sp³-hybridized carbons (Fsp3) is 0.109. The zero-order valence-corrected chi connectivity index (χ0v) is 30.7. The maximum atomic E-state index is 15.0. The number of β-lactam (4-membered cyclic amide) rings is 1. The third-order valence-corrected chi connectivity index (χ3v) is 15.6. The zero-order chi connectivity index (χ0) is 36.0. The largest absolute Gasteiger partial charge is 0.448 e. The molecule has 0 aromatic heterocycles. The molecule has 0 saturated carbocycles. The summed E-state index contributed by atoms with van der Waals surface area (Å²) in [6.45, 7) is 0. The molecule has 1 amide bonds. The fourth-order valence-corrected chi connectivity index (χ4v) is 13.1. The summed E-state index contributed by atoms with van der Waals surface area (Å²) < 4.78 is 6.56. The van der Waals surface area contributed by atoms with Crippen LogP contribution in [-0.4, -0.2) is 46.3 Å². The van der Waals surface area contributed by atoms with Gasteiger partial charge >= 0.3 is 5.97 Å². The van der Waals surface area contributed by atoms with Gasteiger partial charge in [0.2, 0.25) is 0 Å². The monoisotopic (exact) mass is 729 g/mol. The van der Waals surface area contributed by atoms with Crippen LogP contribution in [0.5, 0.6) is 0 Å². The highest BCUT2D eigenvalue weighted by atomic mass is 32.2. The minimum atomic E-state index is -2.41. The number of aliphatic imine (C=N–C) groups is 1. The summed E-state index contributed by atoms with van der Waals surface area (Å²) in [6, 6.07) is 60.6. The number of hydrogen-bond acceptors (Lipinski definition) is 5. The van der Waals surface area contributed by atoms with E-state index in [4.69, 9.17) is 9.73 Å². The number of nitrogens with zero attached hydrogens (tertiary/aromatic N) is 2. The van der Waals surface area contributed by atoms with Gasteiger partial charge < -0.3 is 4.74 Å². The van der Waals surface area contributed by atoms with Crippen molar-refractivity contribution < 1.29 is 14.3 Å². The molecule has 0 N–H and O–H groups in total. The maximum absolute atomic E-state index is 15.0. The Hall–Kier alpha value is -5.55. The molecular weight excluding hydrogens is 692 g/mol. The Kier molecular flexibility index (Phi) is 10.2. The first-order valence-corrected chi connectivity index (χ1v) is 20.8. The molecule has 6 aromatic rings. The quantitative estimate of drug-likeness (QED) is 0.0588. The molecule has 2 heterocycles. The Labute approximate surface area is 315 Å². The lowest BCUT2D eigenvalue weighted by Crippen LogP contribution is -2.64. The Balaban J connectivity index is 1.27. The van der Waals surface area contributed by atoms with E-state index in [1.54, 1.807) is 22.9 Å². The predicted octanol–water partition coefficient (Wildman–Crippen LogP) is 7.97. The van der Waals surface area contributed by atoms with Gasteiger partial charge in [0.05, 0.1) is 6.16 Å². The van der Waals surface area contributed by atoms with Gasteiger partial charge in [0.15, 0.2) is 12.1 Å². The van der Waals surface area contributed by atoms with Crippen LogP contribution in [-0.2, 0) is 14.3 Å². The van der Waals surface area contributed by atoms with Gasteiger partial charge in [-0.3, -0.25) is 14.7 Å². The first-order chi connectivity index (χ1) is 26.1. The van der Waals surface area contributed by atoms with Crippen molar-refractivity contribution in [3.8, 4) is 0 Å². The van der Waals surface area contributed by atoms with E-state index in [1.165, 1.54) is 15.9 Å². The number of thioether (sulfide) groups is 1. The second-order valence-corrected chi connectivity index (χ2v) is 17.7. The van der Waals surface area contributed by atoms with Gasteiger partial charge in [0, 0.05) is 17.5 Å². The van der Waals surface area contributed by atoms with E-state index in [2.05, 4.69) is 72.8 Å². The molecule has 7 heteroatoms. The van der Waals surface area contributed by atoms with Gasteiger partial charge in [-0.1, -0.05) is 146 Å². The van der Waals surface area contributed by atoms with Crippen molar-refractivity contribution in [3.63, 3.8) is 0 Å². The number of fused-ring (bicyclic) bond motifs is 1. The van der Waals surface area contributed by atoms with Crippen LogP contribution in [0, 0.1) is 0 Å². The number of esters is 1. The highest BCUT2D eigenvalue weighted by Gasteiger charge is 2.56. The number of hydrogen-bond donors (Lipinski definition) is 0. The molecule has 0 spiro atoms. The molecule has 2 aliphatic rings. The summed E-state index contributed by atoms with van der Waals surface area (Å²) >= 11 is 1.67. The lowest BCUT2D eigenvalue weighted by Gasteiger charge is -2.48. The van der Waals surface area contributed by atoms with E-state index in [9.17, 15) is 9.59 Å². The van der Waals surface area contributed by atoms with Crippen LogP contribution in [0.3, 0.4) is 0 Å². The summed E-state index contributed by atoms with van der Waals surface area (Å²) in [5.41, 5.74) is 3.88. The number of carbonyl (C=O) groups excluding carboxylic acids is 2. The Bertz CT molecular complexity index is 2100. The van der Waals surface area contributed by atoms with Crippen LogP contribution in [0.15, 0.2) is 198 Å². The highest BCUT2D eigenvalue weighted by molar-refractivity contribution is 8.00. The van der Waals surface area contributed by atoms with Crippen molar-refractivity contribution in [2.45, 2.75) is 17.5 Å². The number of benzene rings is 6. The van der Waals surface area contributed by atoms with Crippen molar-refractivity contribution >= 4 is 53.0 Å². The van der Waals surface area contributed by atoms with Gasteiger partial charge in [0.25, 0.3) is 5.91 Å². The third-order valence-electron chi connectivity index (χ3n) is 9.84. The first kappa shape index (κ1) is 34.5. The third kappa shape index (κ3) is 6.89. The van der Waals surface area contributed by atoms with Crippen LogP contribution >= 0.6 is 19.0 Å². The van der Waals surface area contributed by atoms with E-state index in [1.807, 2.05) is 109 Å². The van der Waals surface area contributed by atoms with E-state index < -0.39 is 25.4 Å². The molecule has 6 aromatic carbocycles. The molecule has 1 saturated heterocycles. The first-order valence-electron chi connectivity index (χ1n) is 17.7. The van der Waals surface area contributed by atoms with E-state index in [-0.39, 0.29) is 11.3 Å². The van der Waals surface area contributed by atoms with Crippen molar-refractivity contribution in [2.24, 2.45) is 4.99 Å². The summed E-state index contributed by atoms with van der Waals surface area (Å²) in [5.74, 6) is -0.141. The van der Waals surface area contributed by atoms with Gasteiger partial charge in [-0.25, -0.2) is 4.79 Å². The summed E-state index contributed by atoms with van der Waals surface area (Å²) in [6.07, 6.45) is 1.67. The van der Waals surface area contributed by atoms with Crippen LogP contribution in [0.2, 0.25) is 0 Å². The van der Waals surface area contributed by atoms with Crippen molar-refractivity contribution in [3.05, 3.63) is 210 Å². The molecule has 1 unspecified atom stereocenters. The Morgan fingerprint density at radius 3 is 1.58 bits per heavy atom. The van der Waals surface area contributed by atoms with E-state index >= 15 is 0 Å². The molecule has 0 aliphatic carbocycles. The van der Waals surface area contributed by atoms with Crippen molar-refractivity contribution in [1.29, 1.82) is 0 Å². The maximum Gasteiger partial charge on any atom is 0.356 e. The second kappa shape index (κ2) is 15.6. The minimum Gasteiger partial charge on any atom is -0.448 e. The summed E-state index contributed by atoms with van der Waals surface area (Å²) in [5, 5.41) is 3.29. The molecule has 53 heavy (non-hydrogen) atoms. The molecule has 0 radical (unpaired) electrons. The summed E-state index contributed by atoms with van der Waals surface area (Å²) in [4.78, 5) is 35.6. The molecule has 260 valence electrons. The normalized spacial score (nSPS) is 17.1. The lowest BCUT2D eigenvalue weighted by molar-refractivity contribution is -0.153. The van der Waals surface area contributed by atoms with E-state index in [0.717, 1.165) is 22.3 Å². The predicted molar refractivity (Wildman–Crippen MR) is 219 cm³/mol. The minimum absolute atomic E-state index is 0.196. The smallest absolute Gasteiger partial charge is 0.356 e. The van der Waals surface area contributed by atoms with Gasteiger partial charge in [0.1, 0.15) is 34.2 Å². The second-order valence-electron chi connectivity index (χ2n) is 13.1. The lowest BCUT2D eigenvalue weighted by atomic mass is 10.0. The van der Waals surface area contributed by atoms with Gasteiger partial charge in [-0.2, -0.15) is 0 Å². The number of amides is 1. The Morgan fingerprint density at radius 1 is 0.679 bits per heavy atom. The highest BCUT2D eigenvalue weighted by Crippen LogP contribution is 2.58. The van der Waals surface area contributed by atoms with Crippen molar-refractivity contribution in [1.82, 2.24) is 4.90 Å². The van der Waals surface area contributed by atoms with Crippen LogP contribution in [0.4, 0.5) is 0 Å². The van der Waals surface area contributed by atoms with E-state index in [0.29, 0.717) is 17.6 Å². The standard InChI is InChI=1S/C46H38N2O3PS/c49-44-41(47-31-34-19-7-1-8-20-34)45-48(44)42(46(50)51-43(35-21-9-2-10-22-35)36-23-11-3-12-24-36)37(33-53-45)32-52(38-25-13-4-14-26-38,39-27-15-5-16-28-39)40-29-17-6-18-30-40/h1-31,41,43,45H,32-33H2/q+1/t41?,45-/m0/s1. The molecule has 5 nitrogen and oxygen atoms in total. The number of carbonyl (C=O) groups is 2. The van der Waals surface area contributed by atoms with Crippen molar-refractivity contribution in [2.75, 3.05) is 11.9 Å². The Morgan fingerprint density at radius 2 is 1.11 bits per heavy atom. The topological polar surface area (TPSA) is 59.0 Å².